The molecule has 152 valence electrons. The van der Waals surface area contributed by atoms with Gasteiger partial charge in [-0.3, -0.25) is 4.98 Å². The third-order valence-corrected chi connectivity index (χ3v) is 5.96. The maximum Gasteiger partial charge on any atom is 0.240 e. The molecule has 1 atom stereocenters. The second kappa shape index (κ2) is 8.24. The average molecular weight is 414 g/mol. The van der Waals surface area contributed by atoms with Crippen molar-refractivity contribution in [2.75, 3.05) is 12.3 Å². The van der Waals surface area contributed by atoms with Gasteiger partial charge in [-0.1, -0.05) is 18.2 Å². The SMILES string of the molecule is Cc1cc(-c2nc([C@](C)(O)CCNS(=O)(=O)c3ccccc3)cnc2N)ccn1. The van der Waals surface area contributed by atoms with E-state index in [-0.39, 0.29) is 23.7 Å². The Hall–Kier alpha value is -2.88. The minimum atomic E-state index is -3.65. The molecule has 9 heteroatoms. The van der Waals surface area contributed by atoms with Crippen molar-refractivity contribution in [2.24, 2.45) is 0 Å². The van der Waals surface area contributed by atoms with Gasteiger partial charge in [0.25, 0.3) is 0 Å². The highest BCUT2D eigenvalue weighted by Gasteiger charge is 2.27. The van der Waals surface area contributed by atoms with Crippen LogP contribution >= 0.6 is 0 Å². The summed E-state index contributed by atoms with van der Waals surface area (Å²) in [5, 5.41) is 10.9. The Morgan fingerprint density at radius 2 is 1.90 bits per heavy atom. The predicted octanol–water partition coefficient (Wildman–Crippen LogP) is 2.01. The molecule has 2 aromatic heterocycles. The highest BCUT2D eigenvalue weighted by atomic mass is 32.2. The number of nitrogens with zero attached hydrogens (tertiary/aromatic N) is 3. The number of aliphatic hydroxyl groups is 1. The molecule has 3 aromatic rings. The zero-order chi connectivity index (χ0) is 21.1. The molecule has 0 saturated carbocycles. The summed E-state index contributed by atoms with van der Waals surface area (Å²) < 4.78 is 27.2. The summed E-state index contributed by atoms with van der Waals surface area (Å²) in [6.45, 7) is 3.44. The maximum atomic E-state index is 12.3. The fourth-order valence-electron chi connectivity index (χ4n) is 2.80. The minimum absolute atomic E-state index is 0.0278. The Morgan fingerprint density at radius 1 is 1.17 bits per heavy atom. The molecule has 2 heterocycles. The number of nitrogen functional groups attached to an aromatic ring is 1. The molecular weight excluding hydrogens is 390 g/mol. The van der Waals surface area contributed by atoms with Crippen molar-refractivity contribution in [3.05, 3.63) is 66.2 Å². The van der Waals surface area contributed by atoms with E-state index in [4.69, 9.17) is 5.73 Å². The molecule has 1 aromatic carbocycles. The molecule has 0 saturated heterocycles. The lowest BCUT2D eigenvalue weighted by Crippen LogP contribution is -2.32. The number of aryl methyl sites for hydroxylation is 1. The van der Waals surface area contributed by atoms with Gasteiger partial charge < -0.3 is 10.8 Å². The number of pyridine rings is 1. The lowest BCUT2D eigenvalue weighted by molar-refractivity contribution is 0.0447. The van der Waals surface area contributed by atoms with Crippen LogP contribution in [-0.2, 0) is 15.6 Å². The van der Waals surface area contributed by atoms with Crippen LogP contribution in [0.4, 0.5) is 5.82 Å². The van der Waals surface area contributed by atoms with Crippen molar-refractivity contribution in [3.63, 3.8) is 0 Å². The van der Waals surface area contributed by atoms with Crippen molar-refractivity contribution < 1.29 is 13.5 Å². The molecule has 0 radical (unpaired) electrons. The van der Waals surface area contributed by atoms with Crippen molar-refractivity contribution in [2.45, 2.75) is 30.8 Å². The first kappa shape index (κ1) is 20.8. The number of rotatable bonds is 7. The fourth-order valence-corrected chi connectivity index (χ4v) is 3.86. The van der Waals surface area contributed by atoms with E-state index < -0.39 is 15.6 Å². The number of hydrogen-bond acceptors (Lipinski definition) is 7. The van der Waals surface area contributed by atoms with Gasteiger partial charge in [0.05, 0.1) is 16.8 Å². The molecule has 0 aliphatic rings. The number of nitrogens with two attached hydrogens (primary N) is 1. The van der Waals surface area contributed by atoms with Crippen LogP contribution < -0.4 is 10.5 Å². The van der Waals surface area contributed by atoms with Crippen molar-refractivity contribution in [1.82, 2.24) is 19.7 Å². The number of anilines is 1. The Labute approximate surface area is 169 Å². The molecule has 8 nitrogen and oxygen atoms in total. The van der Waals surface area contributed by atoms with Gasteiger partial charge in [0.15, 0.2) is 0 Å². The number of aromatic nitrogens is 3. The topological polar surface area (TPSA) is 131 Å². The van der Waals surface area contributed by atoms with Crippen molar-refractivity contribution in [3.8, 4) is 11.3 Å². The fraction of sp³-hybridized carbons (Fsp3) is 0.250. The number of hydrogen-bond donors (Lipinski definition) is 3. The summed E-state index contributed by atoms with van der Waals surface area (Å²) in [7, 11) is -3.65. The molecule has 4 N–H and O–H groups in total. The van der Waals surface area contributed by atoms with E-state index in [2.05, 4.69) is 19.7 Å². The quantitative estimate of drug-likeness (QED) is 0.540. The Morgan fingerprint density at radius 3 is 2.59 bits per heavy atom. The molecule has 0 aliphatic carbocycles. The Kier molecular flexibility index (Phi) is 5.92. The summed E-state index contributed by atoms with van der Waals surface area (Å²) >= 11 is 0. The van der Waals surface area contributed by atoms with Crippen LogP contribution in [0.15, 0.2) is 59.8 Å². The second-order valence-electron chi connectivity index (χ2n) is 6.91. The van der Waals surface area contributed by atoms with Crippen LogP contribution in [-0.4, -0.2) is 35.0 Å². The van der Waals surface area contributed by atoms with Crippen LogP contribution in [0.3, 0.4) is 0 Å². The van der Waals surface area contributed by atoms with Gasteiger partial charge in [-0.25, -0.2) is 23.1 Å². The van der Waals surface area contributed by atoms with E-state index in [0.717, 1.165) is 11.3 Å². The van der Waals surface area contributed by atoms with Gasteiger partial charge >= 0.3 is 0 Å². The van der Waals surface area contributed by atoms with Crippen molar-refractivity contribution >= 4 is 15.8 Å². The van der Waals surface area contributed by atoms with Crippen LogP contribution in [0.25, 0.3) is 11.3 Å². The minimum Gasteiger partial charge on any atom is -0.384 e. The van der Waals surface area contributed by atoms with Gasteiger partial charge in [-0.15, -0.1) is 0 Å². The van der Waals surface area contributed by atoms with Gasteiger partial charge in [0.2, 0.25) is 10.0 Å². The van der Waals surface area contributed by atoms with E-state index in [1.807, 2.05) is 13.0 Å². The lowest BCUT2D eigenvalue weighted by atomic mass is 9.98. The molecule has 0 amide bonds. The number of sulfonamides is 1. The van der Waals surface area contributed by atoms with Crippen LogP contribution in [0.1, 0.15) is 24.7 Å². The highest BCUT2D eigenvalue weighted by Crippen LogP contribution is 2.28. The summed E-state index contributed by atoms with van der Waals surface area (Å²) in [4.78, 5) is 13.0. The maximum absolute atomic E-state index is 12.3. The summed E-state index contributed by atoms with van der Waals surface area (Å²) in [5.74, 6) is 0.236. The normalized spacial score (nSPS) is 13.8. The first-order valence-corrected chi connectivity index (χ1v) is 10.5. The monoisotopic (exact) mass is 413 g/mol. The average Bonchev–Trinajstić information content (AvgIpc) is 2.68. The van der Waals surface area contributed by atoms with Crippen LogP contribution in [0, 0.1) is 6.92 Å². The summed E-state index contributed by atoms with van der Waals surface area (Å²) in [5.41, 5.74) is 6.85. The molecule has 29 heavy (non-hydrogen) atoms. The van der Waals surface area contributed by atoms with E-state index in [0.29, 0.717) is 11.4 Å². The second-order valence-corrected chi connectivity index (χ2v) is 8.68. The largest absolute Gasteiger partial charge is 0.384 e. The molecule has 0 unspecified atom stereocenters. The van der Waals surface area contributed by atoms with E-state index >= 15 is 0 Å². The molecule has 0 aliphatic heterocycles. The van der Waals surface area contributed by atoms with Crippen LogP contribution in [0.5, 0.6) is 0 Å². The smallest absolute Gasteiger partial charge is 0.240 e. The first-order valence-electron chi connectivity index (χ1n) is 9.02. The molecule has 0 bridgehead atoms. The standard InChI is InChI=1S/C20H23N5O3S/c1-14-12-15(8-10-22-14)18-19(21)23-13-17(25-18)20(2,26)9-11-24-29(27,28)16-6-4-3-5-7-16/h3-8,10,12-13,24,26H,9,11H2,1-2H3,(H2,21,23)/t20-/m1/s1. The zero-order valence-electron chi connectivity index (χ0n) is 16.2. The molecule has 0 fully saturated rings. The predicted molar refractivity (Wildman–Crippen MR) is 110 cm³/mol. The van der Waals surface area contributed by atoms with Crippen LogP contribution in [0.2, 0.25) is 0 Å². The van der Waals surface area contributed by atoms with Gasteiger partial charge in [0.1, 0.15) is 17.1 Å². The lowest BCUT2D eigenvalue weighted by Gasteiger charge is -2.23. The van der Waals surface area contributed by atoms with Gasteiger partial charge in [-0.05, 0) is 44.5 Å². The molecule has 3 rings (SSSR count). The third kappa shape index (κ3) is 4.94. The number of nitrogens with one attached hydrogen (secondary N) is 1. The Balaban J connectivity index is 1.77. The number of benzene rings is 1. The van der Waals surface area contributed by atoms with Gasteiger partial charge in [-0.2, -0.15) is 0 Å². The highest BCUT2D eigenvalue weighted by molar-refractivity contribution is 7.89. The van der Waals surface area contributed by atoms with E-state index in [1.54, 1.807) is 37.4 Å². The van der Waals surface area contributed by atoms with E-state index in [9.17, 15) is 13.5 Å². The molecule has 0 spiro atoms. The third-order valence-electron chi connectivity index (χ3n) is 4.48. The van der Waals surface area contributed by atoms with E-state index in [1.165, 1.54) is 18.3 Å². The summed E-state index contributed by atoms with van der Waals surface area (Å²) in [6, 6.07) is 11.6. The Bertz CT molecular complexity index is 1100. The first-order chi connectivity index (χ1) is 13.7. The summed E-state index contributed by atoms with van der Waals surface area (Å²) in [6.07, 6.45) is 3.15. The molecular formula is C20H23N5O3S. The van der Waals surface area contributed by atoms with Gasteiger partial charge in [0, 0.05) is 24.0 Å². The van der Waals surface area contributed by atoms with Crippen molar-refractivity contribution in [1.29, 1.82) is 0 Å². The zero-order valence-corrected chi connectivity index (χ0v) is 17.0.